The largest absolute Gasteiger partial charge is 0.497 e. The van der Waals surface area contributed by atoms with Crippen LogP contribution in [0, 0.1) is 0 Å². The second-order valence-electron chi connectivity index (χ2n) is 7.39. The molecule has 1 saturated heterocycles. The van der Waals surface area contributed by atoms with Crippen molar-refractivity contribution in [3.63, 3.8) is 0 Å². The maximum atomic E-state index is 5.61. The number of furan rings is 1. The topological polar surface area (TPSA) is 53.2 Å². The lowest BCUT2D eigenvalue weighted by atomic mass is 9.98. The lowest BCUT2D eigenvalue weighted by Crippen LogP contribution is -2.40. The SMILES string of the molecule is CCNC(=NCC(c1ccco1)N(C)C)N1CCC(c2ccc(OC)cc2)C1. The number of likely N-dealkylation sites (N-methyl/N-ethyl adjacent to an activating group) is 1. The fraction of sp³-hybridized carbons (Fsp3) is 0.500. The number of hydrogen-bond donors (Lipinski definition) is 1. The van der Waals surface area contributed by atoms with Gasteiger partial charge >= 0.3 is 0 Å². The quantitative estimate of drug-likeness (QED) is 0.586. The van der Waals surface area contributed by atoms with Crippen LogP contribution >= 0.6 is 0 Å². The summed E-state index contributed by atoms with van der Waals surface area (Å²) in [6.07, 6.45) is 2.85. The minimum absolute atomic E-state index is 0.128. The van der Waals surface area contributed by atoms with E-state index in [0.717, 1.165) is 43.5 Å². The molecule has 1 fully saturated rings. The van der Waals surface area contributed by atoms with Gasteiger partial charge in [0.2, 0.25) is 0 Å². The predicted molar refractivity (Wildman–Crippen MR) is 113 cm³/mol. The number of likely N-dealkylation sites (tertiary alicyclic amines) is 1. The molecule has 1 aromatic heterocycles. The molecule has 6 nitrogen and oxygen atoms in total. The Balaban J connectivity index is 1.68. The van der Waals surface area contributed by atoms with Crippen molar-refractivity contribution in [2.45, 2.75) is 25.3 Å². The molecule has 0 aliphatic carbocycles. The smallest absolute Gasteiger partial charge is 0.194 e. The zero-order valence-corrected chi connectivity index (χ0v) is 17.4. The minimum Gasteiger partial charge on any atom is -0.497 e. The molecule has 2 unspecified atom stereocenters. The van der Waals surface area contributed by atoms with Crippen molar-refractivity contribution in [2.24, 2.45) is 4.99 Å². The molecule has 0 saturated carbocycles. The molecule has 0 spiro atoms. The van der Waals surface area contributed by atoms with E-state index in [4.69, 9.17) is 14.1 Å². The van der Waals surface area contributed by atoms with Gasteiger partial charge in [0.05, 0.1) is 26.0 Å². The lowest BCUT2D eigenvalue weighted by Gasteiger charge is -2.24. The number of guanidine groups is 1. The van der Waals surface area contributed by atoms with Gasteiger partial charge in [-0.3, -0.25) is 9.89 Å². The molecule has 2 atom stereocenters. The van der Waals surface area contributed by atoms with Crippen molar-refractivity contribution in [3.05, 3.63) is 54.0 Å². The van der Waals surface area contributed by atoms with Gasteiger partial charge in [-0.1, -0.05) is 12.1 Å². The summed E-state index contributed by atoms with van der Waals surface area (Å²) in [5, 5.41) is 3.46. The van der Waals surface area contributed by atoms with Gasteiger partial charge in [0.25, 0.3) is 0 Å². The monoisotopic (exact) mass is 384 g/mol. The Morgan fingerprint density at radius 3 is 2.71 bits per heavy atom. The second-order valence-corrected chi connectivity index (χ2v) is 7.39. The van der Waals surface area contributed by atoms with Crippen LogP contribution in [-0.4, -0.2) is 63.1 Å². The number of hydrogen-bond acceptors (Lipinski definition) is 4. The molecule has 3 rings (SSSR count). The standard InChI is InChI=1S/C22H32N4O2/c1-5-23-22(24-15-20(25(2)3)21-7-6-14-28-21)26-13-12-18(16-26)17-8-10-19(27-4)11-9-17/h6-11,14,18,20H,5,12-13,15-16H2,1-4H3,(H,23,24). The van der Waals surface area contributed by atoms with Crippen molar-refractivity contribution in [2.75, 3.05) is 47.4 Å². The number of nitrogens with one attached hydrogen (secondary N) is 1. The molecule has 1 aliphatic heterocycles. The minimum atomic E-state index is 0.128. The maximum Gasteiger partial charge on any atom is 0.194 e. The summed E-state index contributed by atoms with van der Waals surface area (Å²) in [5.74, 6) is 3.35. The molecule has 0 amide bonds. The first-order chi connectivity index (χ1) is 13.6. The summed E-state index contributed by atoms with van der Waals surface area (Å²) in [5.41, 5.74) is 1.36. The summed E-state index contributed by atoms with van der Waals surface area (Å²) in [4.78, 5) is 9.46. The highest BCUT2D eigenvalue weighted by molar-refractivity contribution is 5.80. The number of methoxy groups -OCH3 is 1. The third kappa shape index (κ3) is 4.87. The molecule has 2 aromatic rings. The van der Waals surface area contributed by atoms with Crippen molar-refractivity contribution in [1.29, 1.82) is 0 Å². The van der Waals surface area contributed by atoms with E-state index in [9.17, 15) is 0 Å². The first-order valence-corrected chi connectivity index (χ1v) is 9.99. The molecule has 152 valence electrons. The summed E-state index contributed by atoms with van der Waals surface area (Å²) in [6, 6.07) is 12.5. The van der Waals surface area contributed by atoms with Gasteiger partial charge in [0.15, 0.2) is 5.96 Å². The van der Waals surface area contributed by atoms with Gasteiger partial charge in [-0.15, -0.1) is 0 Å². The zero-order chi connectivity index (χ0) is 19.9. The Bertz CT molecular complexity index is 740. The summed E-state index contributed by atoms with van der Waals surface area (Å²) in [7, 11) is 5.82. The van der Waals surface area contributed by atoms with Crippen molar-refractivity contribution in [3.8, 4) is 5.75 Å². The van der Waals surface area contributed by atoms with Crippen LogP contribution < -0.4 is 10.1 Å². The van der Waals surface area contributed by atoms with Gasteiger partial charge < -0.3 is 19.4 Å². The summed E-state index contributed by atoms with van der Waals surface area (Å²) >= 11 is 0. The highest BCUT2D eigenvalue weighted by Crippen LogP contribution is 2.28. The first kappa shape index (κ1) is 20.3. The highest BCUT2D eigenvalue weighted by atomic mass is 16.5. The van der Waals surface area contributed by atoms with Crippen LogP contribution in [0.25, 0.3) is 0 Å². The predicted octanol–water partition coefficient (Wildman–Crippen LogP) is 3.35. The van der Waals surface area contributed by atoms with E-state index in [-0.39, 0.29) is 6.04 Å². The highest BCUT2D eigenvalue weighted by Gasteiger charge is 2.26. The average molecular weight is 385 g/mol. The van der Waals surface area contributed by atoms with Gasteiger partial charge in [-0.2, -0.15) is 0 Å². The zero-order valence-electron chi connectivity index (χ0n) is 17.4. The number of nitrogens with zero attached hydrogens (tertiary/aromatic N) is 3. The third-order valence-electron chi connectivity index (χ3n) is 5.32. The normalized spacial score (nSPS) is 18.5. The Hall–Kier alpha value is -2.47. The third-order valence-corrected chi connectivity index (χ3v) is 5.32. The van der Waals surface area contributed by atoms with Crippen LogP contribution in [0.15, 0.2) is 52.1 Å². The van der Waals surface area contributed by atoms with Crippen molar-refractivity contribution in [1.82, 2.24) is 15.1 Å². The van der Waals surface area contributed by atoms with Crippen LogP contribution in [0.2, 0.25) is 0 Å². The number of benzene rings is 1. The maximum absolute atomic E-state index is 5.61. The van der Waals surface area contributed by atoms with Gasteiger partial charge in [0.1, 0.15) is 11.5 Å². The molecule has 28 heavy (non-hydrogen) atoms. The Labute approximate surface area is 168 Å². The van der Waals surface area contributed by atoms with E-state index in [0.29, 0.717) is 12.5 Å². The Kier molecular flexibility index (Phi) is 6.98. The second kappa shape index (κ2) is 9.64. The van der Waals surface area contributed by atoms with E-state index >= 15 is 0 Å². The molecular formula is C22H32N4O2. The number of ether oxygens (including phenoxy) is 1. The van der Waals surface area contributed by atoms with Crippen molar-refractivity contribution >= 4 is 5.96 Å². The Morgan fingerprint density at radius 2 is 2.11 bits per heavy atom. The molecule has 0 radical (unpaired) electrons. The van der Waals surface area contributed by atoms with Crippen LogP contribution in [0.1, 0.15) is 36.6 Å². The first-order valence-electron chi connectivity index (χ1n) is 9.99. The fourth-order valence-corrected chi connectivity index (χ4v) is 3.69. The molecule has 1 aromatic carbocycles. The van der Waals surface area contributed by atoms with E-state index < -0.39 is 0 Å². The van der Waals surface area contributed by atoms with Crippen LogP contribution in [0.3, 0.4) is 0 Å². The van der Waals surface area contributed by atoms with Crippen LogP contribution in [0.4, 0.5) is 0 Å². The van der Waals surface area contributed by atoms with Gasteiger partial charge in [-0.25, -0.2) is 0 Å². The molecule has 1 aliphatic rings. The van der Waals surface area contributed by atoms with E-state index in [1.807, 2.05) is 24.3 Å². The Morgan fingerprint density at radius 1 is 1.32 bits per heavy atom. The van der Waals surface area contributed by atoms with Crippen molar-refractivity contribution < 1.29 is 9.15 Å². The summed E-state index contributed by atoms with van der Waals surface area (Å²) in [6.45, 7) is 5.62. The number of rotatable bonds is 7. The molecular weight excluding hydrogens is 352 g/mol. The fourth-order valence-electron chi connectivity index (χ4n) is 3.69. The summed E-state index contributed by atoms with van der Waals surface area (Å²) < 4.78 is 10.9. The molecule has 6 heteroatoms. The van der Waals surface area contributed by atoms with Crippen LogP contribution in [-0.2, 0) is 0 Å². The molecule has 0 bridgehead atoms. The molecule has 1 N–H and O–H groups in total. The van der Waals surface area contributed by atoms with Crippen LogP contribution in [0.5, 0.6) is 5.75 Å². The van der Waals surface area contributed by atoms with E-state index in [2.05, 4.69) is 48.3 Å². The average Bonchev–Trinajstić information content (AvgIpc) is 3.39. The molecule has 2 heterocycles. The lowest BCUT2D eigenvalue weighted by molar-refractivity contribution is 0.264. The van der Waals surface area contributed by atoms with Gasteiger partial charge in [-0.05, 0) is 57.3 Å². The van der Waals surface area contributed by atoms with E-state index in [1.54, 1.807) is 13.4 Å². The number of aliphatic imine (C=N–C) groups is 1. The van der Waals surface area contributed by atoms with E-state index in [1.165, 1.54) is 5.56 Å². The van der Waals surface area contributed by atoms with Gasteiger partial charge in [0, 0.05) is 25.6 Å².